The van der Waals surface area contributed by atoms with Crippen molar-refractivity contribution in [2.24, 2.45) is 0 Å². The van der Waals surface area contributed by atoms with Crippen molar-refractivity contribution in [3.8, 4) is 11.4 Å². The summed E-state index contributed by atoms with van der Waals surface area (Å²) in [7, 11) is 0. The molecule has 2 heterocycles. The second-order valence-electron chi connectivity index (χ2n) is 6.57. The number of amides is 1. The molecule has 2 aromatic carbocycles. The van der Waals surface area contributed by atoms with E-state index < -0.39 is 0 Å². The predicted molar refractivity (Wildman–Crippen MR) is 112 cm³/mol. The van der Waals surface area contributed by atoms with E-state index in [0.29, 0.717) is 36.1 Å². The molecular weight excluding hydrogens is 453 g/mol. The molecule has 0 bridgehead atoms. The Labute approximate surface area is 180 Å². The minimum absolute atomic E-state index is 0.175. The van der Waals surface area contributed by atoms with Gasteiger partial charge in [-0.1, -0.05) is 33.2 Å². The van der Waals surface area contributed by atoms with E-state index in [1.807, 2.05) is 24.3 Å². The second kappa shape index (κ2) is 9.00. The minimum atomic E-state index is -0.335. The molecule has 0 atom stereocenters. The van der Waals surface area contributed by atoms with Gasteiger partial charge in [-0.15, -0.1) is 0 Å². The maximum Gasteiger partial charge on any atom is 0.227 e. The highest BCUT2D eigenvalue weighted by atomic mass is 79.9. The van der Waals surface area contributed by atoms with E-state index in [0.717, 1.165) is 10.0 Å². The lowest BCUT2D eigenvalue weighted by atomic mass is 10.2. The molecule has 0 radical (unpaired) electrons. The number of rotatable bonds is 7. The molecule has 0 aliphatic heterocycles. The highest BCUT2D eigenvalue weighted by Crippen LogP contribution is 2.17. The van der Waals surface area contributed by atoms with Crippen LogP contribution in [-0.4, -0.2) is 25.8 Å². The number of aryl methyl sites for hydroxylation is 1. The highest BCUT2D eigenvalue weighted by Gasteiger charge is 2.12. The summed E-state index contributed by atoms with van der Waals surface area (Å²) in [6.45, 7) is 0.542. The zero-order valence-corrected chi connectivity index (χ0v) is 17.3. The standard InChI is InChI=1S/C21H17BrFN5O2/c22-16-5-1-14(2-6-16)13-28-18(11-12-24-28)25-19(29)9-10-20-26-21(27-30-20)15-3-7-17(23)8-4-15/h1-8,11-12H,9-10,13H2,(H,25,29). The summed E-state index contributed by atoms with van der Waals surface area (Å²) in [4.78, 5) is 16.6. The van der Waals surface area contributed by atoms with Crippen LogP contribution in [-0.2, 0) is 17.8 Å². The van der Waals surface area contributed by atoms with Gasteiger partial charge in [0.05, 0.1) is 12.7 Å². The Morgan fingerprint density at radius 1 is 1.10 bits per heavy atom. The van der Waals surface area contributed by atoms with Crippen molar-refractivity contribution >= 4 is 27.7 Å². The van der Waals surface area contributed by atoms with E-state index in [1.165, 1.54) is 12.1 Å². The maximum absolute atomic E-state index is 13.0. The van der Waals surface area contributed by atoms with Crippen LogP contribution in [0.2, 0.25) is 0 Å². The van der Waals surface area contributed by atoms with Crippen molar-refractivity contribution in [3.63, 3.8) is 0 Å². The van der Waals surface area contributed by atoms with Crippen molar-refractivity contribution in [2.45, 2.75) is 19.4 Å². The molecule has 4 aromatic rings. The zero-order chi connectivity index (χ0) is 20.9. The molecular formula is C21H17BrFN5O2. The molecule has 152 valence electrons. The Kier molecular flexibility index (Phi) is 5.99. The summed E-state index contributed by atoms with van der Waals surface area (Å²) in [5.74, 6) is 0.791. The molecule has 0 fully saturated rings. The predicted octanol–water partition coefficient (Wildman–Crippen LogP) is 4.45. The second-order valence-corrected chi connectivity index (χ2v) is 7.48. The first-order valence-electron chi connectivity index (χ1n) is 9.21. The number of hydrogen-bond acceptors (Lipinski definition) is 5. The normalized spacial score (nSPS) is 10.9. The number of anilines is 1. The van der Waals surface area contributed by atoms with Gasteiger partial charge in [-0.3, -0.25) is 4.79 Å². The quantitative estimate of drug-likeness (QED) is 0.431. The zero-order valence-electron chi connectivity index (χ0n) is 15.8. The molecule has 1 N–H and O–H groups in total. The fraction of sp³-hybridized carbons (Fsp3) is 0.143. The Morgan fingerprint density at radius 2 is 1.87 bits per heavy atom. The van der Waals surface area contributed by atoms with E-state index in [4.69, 9.17) is 4.52 Å². The van der Waals surface area contributed by atoms with Crippen LogP contribution in [0.4, 0.5) is 10.2 Å². The van der Waals surface area contributed by atoms with Gasteiger partial charge in [0.1, 0.15) is 11.6 Å². The van der Waals surface area contributed by atoms with Crippen LogP contribution in [0.3, 0.4) is 0 Å². The van der Waals surface area contributed by atoms with Crippen LogP contribution < -0.4 is 5.32 Å². The first kappa shape index (κ1) is 20.0. The van der Waals surface area contributed by atoms with E-state index in [9.17, 15) is 9.18 Å². The monoisotopic (exact) mass is 469 g/mol. The Bertz CT molecular complexity index is 1140. The van der Waals surface area contributed by atoms with E-state index >= 15 is 0 Å². The molecule has 0 aliphatic rings. The van der Waals surface area contributed by atoms with Gasteiger partial charge in [-0.2, -0.15) is 10.1 Å². The molecule has 0 unspecified atom stereocenters. The molecule has 0 saturated heterocycles. The number of halogens is 2. The third-order valence-electron chi connectivity index (χ3n) is 4.37. The topological polar surface area (TPSA) is 85.8 Å². The Hall–Kier alpha value is -3.33. The number of benzene rings is 2. The smallest absolute Gasteiger partial charge is 0.227 e. The van der Waals surface area contributed by atoms with Crippen LogP contribution >= 0.6 is 15.9 Å². The fourth-order valence-corrected chi connectivity index (χ4v) is 3.09. The van der Waals surface area contributed by atoms with Crippen molar-refractivity contribution < 1.29 is 13.7 Å². The molecule has 7 nitrogen and oxygen atoms in total. The summed E-state index contributed by atoms with van der Waals surface area (Å²) in [6, 6.07) is 15.5. The molecule has 0 aliphatic carbocycles. The Morgan fingerprint density at radius 3 is 2.63 bits per heavy atom. The first-order valence-corrected chi connectivity index (χ1v) is 10.0. The van der Waals surface area contributed by atoms with Gasteiger partial charge in [0.2, 0.25) is 17.6 Å². The van der Waals surface area contributed by atoms with Crippen LogP contribution in [0.25, 0.3) is 11.4 Å². The summed E-state index contributed by atoms with van der Waals surface area (Å²) in [5, 5.41) is 11.0. The summed E-state index contributed by atoms with van der Waals surface area (Å²) in [6.07, 6.45) is 2.11. The lowest BCUT2D eigenvalue weighted by molar-refractivity contribution is -0.116. The summed E-state index contributed by atoms with van der Waals surface area (Å²) < 4.78 is 20.9. The molecule has 4 rings (SSSR count). The molecule has 0 saturated carbocycles. The average molecular weight is 470 g/mol. The van der Waals surface area contributed by atoms with Crippen molar-refractivity contribution in [1.82, 2.24) is 19.9 Å². The first-order chi connectivity index (χ1) is 14.6. The summed E-state index contributed by atoms with van der Waals surface area (Å²) >= 11 is 3.41. The average Bonchev–Trinajstić information content (AvgIpc) is 3.39. The number of carbonyl (C=O) groups excluding carboxylic acids is 1. The largest absolute Gasteiger partial charge is 0.339 e. The van der Waals surface area contributed by atoms with Gasteiger partial charge in [-0.25, -0.2) is 9.07 Å². The van der Waals surface area contributed by atoms with Crippen LogP contribution in [0.5, 0.6) is 0 Å². The maximum atomic E-state index is 13.0. The number of hydrogen-bond donors (Lipinski definition) is 1. The summed E-state index contributed by atoms with van der Waals surface area (Å²) in [5.41, 5.74) is 1.71. The van der Waals surface area contributed by atoms with Crippen LogP contribution in [0, 0.1) is 5.82 Å². The van der Waals surface area contributed by atoms with E-state index in [-0.39, 0.29) is 18.1 Å². The van der Waals surface area contributed by atoms with Gasteiger partial charge >= 0.3 is 0 Å². The molecule has 9 heteroatoms. The number of aromatic nitrogens is 4. The van der Waals surface area contributed by atoms with Crippen LogP contribution in [0.1, 0.15) is 17.9 Å². The number of nitrogens with zero attached hydrogens (tertiary/aromatic N) is 4. The SMILES string of the molecule is O=C(CCc1nc(-c2ccc(F)cc2)no1)Nc1ccnn1Cc1ccc(Br)cc1. The van der Waals surface area contributed by atoms with E-state index in [1.54, 1.807) is 29.1 Å². The number of nitrogens with one attached hydrogen (secondary N) is 1. The van der Waals surface area contributed by atoms with Gasteiger partial charge in [0.15, 0.2) is 0 Å². The highest BCUT2D eigenvalue weighted by molar-refractivity contribution is 9.10. The molecule has 30 heavy (non-hydrogen) atoms. The van der Waals surface area contributed by atoms with Crippen LogP contribution in [0.15, 0.2) is 69.8 Å². The van der Waals surface area contributed by atoms with Gasteiger partial charge < -0.3 is 9.84 Å². The molecule has 1 amide bonds. The van der Waals surface area contributed by atoms with Crippen molar-refractivity contribution in [2.75, 3.05) is 5.32 Å². The molecule has 2 aromatic heterocycles. The minimum Gasteiger partial charge on any atom is -0.339 e. The fourth-order valence-electron chi connectivity index (χ4n) is 2.83. The van der Waals surface area contributed by atoms with Gasteiger partial charge in [-0.05, 0) is 42.0 Å². The third kappa shape index (κ3) is 4.98. The van der Waals surface area contributed by atoms with Crippen molar-refractivity contribution in [3.05, 3.63) is 82.5 Å². The van der Waals surface area contributed by atoms with E-state index in [2.05, 4.69) is 36.5 Å². The number of carbonyl (C=O) groups is 1. The third-order valence-corrected chi connectivity index (χ3v) is 4.89. The van der Waals surface area contributed by atoms with Gasteiger partial charge in [0, 0.05) is 28.9 Å². The molecule has 0 spiro atoms. The lowest BCUT2D eigenvalue weighted by Crippen LogP contribution is -2.16. The Balaban J connectivity index is 1.33. The lowest BCUT2D eigenvalue weighted by Gasteiger charge is -2.09. The van der Waals surface area contributed by atoms with Crippen molar-refractivity contribution in [1.29, 1.82) is 0 Å². The van der Waals surface area contributed by atoms with Gasteiger partial charge in [0.25, 0.3) is 0 Å².